The summed E-state index contributed by atoms with van der Waals surface area (Å²) in [5.74, 6) is 0.509. The molecule has 5 nitrogen and oxygen atoms in total. The van der Waals surface area contributed by atoms with E-state index < -0.39 is 5.82 Å². The standard InChI is InChI=1S/C12H12ClFN4O/c1-19-6-11-17-9(15)5-10(18-11)16-8-4-2-3-7(13)12(8)14/h2-5H,6H2,1H3,(H3,15,16,17,18). The normalized spacial score (nSPS) is 10.5. The number of hydrogen-bond acceptors (Lipinski definition) is 5. The number of anilines is 3. The third-order valence-electron chi connectivity index (χ3n) is 2.28. The Hall–Kier alpha value is -1.92. The van der Waals surface area contributed by atoms with Crippen LogP contribution < -0.4 is 11.1 Å². The zero-order valence-electron chi connectivity index (χ0n) is 10.2. The first-order chi connectivity index (χ1) is 9.10. The summed E-state index contributed by atoms with van der Waals surface area (Å²) in [5, 5.41) is 2.84. The molecule has 2 aromatic rings. The first-order valence-electron chi connectivity index (χ1n) is 5.43. The lowest BCUT2D eigenvalue weighted by atomic mass is 10.3. The van der Waals surface area contributed by atoms with Crippen molar-refractivity contribution in [3.63, 3.8) is 0 Å². The van der Waals surface area contributed by atoms with Gasteiger partial charge in [0.15, 0.2) is 11.6 Å². The van der Waals surface area contributed by atoms with E-state index in [9.17, 15) is 4.39 Å². The van der Waals surface area contributed by atoms with Gasteiger partial charge in [0.25, 0.3) is 0 Å². The highest BCUT2D eigenvalue weighted by Crippen LogP contribution is 2.25. The molecule has 1 heterocycles. The molecule has 0 saturated carbocycles. The predicted octanol–water partition coefficient (Wildman–Crippen LogP) is 2.74. The summed E-state index contributed by atoms with van der Waals surface area (Å²) < 4.78 is 18.7. The van der Waals surface area contributed by atoms with Crippen LogP contribution in [0.3, 0.4) is 0 Å². The lowest BCUT2D eigenvalue weighted by Crippen LogP contribution is -2.05. The highest BCUT2D eigenvalue weighted by atomic mass is 35.5. The third-order valence-corrected chi connectivity index (χ3v) is 2.57. The smallest absolute Gasteiger partial charge is 0.165 e. The number of aromatic nitrogens is 2. The summed E-state index contributed by atoms with van der Waals surface area (Å²) in [5.41, 5.74) is 5.86. The van der Waals surface area contributed by atoms with E-state index in [0.29, 0.717) is 11.6 Å². The number of nitrogens with two attached hydrogens (primary N) is 1. The van der Waals surface area contributed by atoms with Crippen molar-refractivity contribution in [2.75, 3.05) is 18.2 Å². The van der Waals surface area contributed by atoms with Crippen molar-refractivity contribution >= 4 is 28.9 Å². The first kappa shape index (κ1) is 13.5. The summed E-state index contributed by atoms with van der Waals surface area (Å²) >= 11 is 5.70. The molecule has 0 amide bonds. The van der Waals surface area contributed by atoms with Crippen molar-refractivity contribution in [3.05, 3.63) is 40.9 Å². The van der Waals surface area contributed by atoms with Gasteiger partial charge < -0.3 is 15.8 Å². The molecule has 1 aromatic heterocycles. The molecule has 2 rings (SSSR count). The Morgan fingerprint density at radius 3 is 2.95 bits per heavy atom. The third kappa shape index (κ3) is 3.30. The van der Waals surface area contributed by atoms with Crippen LogP contribution in [-0.2, 0) is 11.3 Å². The highest BCUT2D eigenvalue weighted by molar-refractivity contribution is 6.31. The van der Waals surface area contributed by atoms with Gasteiger partial charge in [-0.1, -0.05) is 17.7 Å². The second-order valence-corrected chi connectivity index (χ2v) is 4.16. The van der Waals surface area contributed by atoms with E-state index in [1.807, 2.05) is 0 Å². The van der Waals surface area contributed by atoms with E-state index in [2.05, 4.69) is 15.3 Å². The Bertz CT molecular complexity index is 594. The number of nitrogen functional groups attached to an aromatic ring is 1. The molecule has 0 unspecified atom stereocenters. The molecule has 0 fully saturated rings. The second kappa shape index (κ2) is 5.81. The van der Waals surface area contributed by atoms with Crippen molar-refractivity contribution < 1.29 is 9.13 Å². The van der Waals surface area contributed by atoms with Gasteiger partial charge in [0.2, 0.25) is 0 Å². The maximum absolute atomic E-state index is 13.7. The molecule has 3 N–H and O–H groups in total. The van der Waals surface area contributed by atoms with Crippen LogP contribution in [0.1, 0.15) is 5.82 Å². The number of halogens is 2. The summed E-state index contributed by atoms with van der Waals surface area (Å²) in [6.07, 6.45) is 0. The van der Waals surface area contributed by atoms with Crippen molar-refractivity contribution in [1.29, 1.82) is 0 Å². The highest BCUT2D eigenvalue weighted by Gasteiger charge is 2.08. The Morgan fingerprint density at radius 2 is 2.21 bits per heavy atom. The maximum atomic E-state index is 13.7. The number of rotatable bonds is 4. The van der Waals surface area contributed by atoms with Gasteiger partial charge in [-0.05, 0) is 12.1 Å². The topological polar surface area (TPSA) is 73.1 Å². The van der Waals surface area contributed by atoms with Crippen LogP contribution in [-0.4, -0.2) is 17.1 Å². The molecule has 0 atom stereocenters. The fourth-order valence-electron chi connectivity index (χ4n) is 1.51. The first-order valence-corrected chi connectivity index (χ1v) is 5.81. The fraction of sp³-hybridized carbons (Fsp3) is 0.167. The van der Waals surface area contributed by atoms with Crippen LogP contribution in [0.25, 0.3) is 0 Å². The van der Waals surface area contributed by atoms with E-state index in [1.54, 1.807) is 12.1 Å². The Balaban J connectivity index is 2.30. The van der Waals surface area contributed by atoms with E-state index in [0.717, 1.165) is 0 Å². The van der Waals surface area contributed by atoms with Crippen molar-refractivity contribution in [2.24, 2.45) is 0 Å². The second-order valence-electron chi connectivity index (χ2n) is 3.75. The van der Waals surface area contributed by atoms with E-state index >= 15 is 0 Å². The average molecular weight is 283 g/mol. The van der Waals surface area contributed by atoms with Crippen LogP contribution in [0.2, 0.25) is 5.02 Å². The largest absolute Gasteiger partial charge is 0.384 e. The summed E-state index contributed by atoms with van der Waals surface area (Å²) in [6, 6.07) is 6.15. The molecule has 19 heavy (non-hydrogen) atoms. The van der Waals surface area contributed by atoms with Gasteiger partial charge in [0.1, 0.15) is 18.2 Å². The van der Waals surface area contributed by atoms with Crippen LogP contribution in [0, 0.1) is 5.82 Å². The molecule has 0 bridgehead atoms. The molecule has 0 aliphatic rings. The molecule has 0 aliphatic carbocycles. The number of ether oxygens (including phenoxy) is 1. The summed E-state index contributed by atoms with van der Waals surface area (Å²) in [4.78, 5) is 8.14. The van der Waals surface area contributed by atoms with E-state index in [-0.39, 0.29) is 23.1 Å². The lowest BCUT2D eigenvalue weighted by Gasteiger charge is -2.09. The van der Waals surface area contributed by atoms with Gasteiger partial charge in [-0.25, -0.2) is 14.4 Å². The minimum absolute atomic E-state index is 0.0316. The number of hydrogen-bond donors (Lipinski definition) is 2. The summed E-state index contributed by atoms with van der Waals surface area (Å²) in [6.45, 7) is 0.220. The zero-order valence-corrected chi connectivity index (χ0v) is 10.9. The van der Waals surface area contributed by atoms with Crippen LogP contribution in [0.5, 0.6) is 0 Å². The quantitative estimate of drug-likeness (QED) is 0.902. The fourth-order valence-corrected chi connectivity index (χ4v) is 1.69. The van der Waals surface area contributed by atoms with Crippen molar-refractivity contribution in [3.8, 4) is 0 Å². The molecular weight excluding hydrogens is 271 g/mol. The molecule has 100 valence electrons. The van der Waals surface area contributed by atoms with Crippen LogP contribution >= 0.6 is 11.6 Å². The molecule has 7 heteroatoms. The lowest BCUT2D eigenvalue weighted by molar-refractivity contribution is 0.178. The Labute approximate surface area is 114 Å². The van der Waals surface area contributed by atoms with E-state index in [1.165, 1.54) is 19.2 Å². The molecule has 1 aromatic carbocycles. The van der Waals surface area contributed by atoms with Crippen LogP contribution in [0.15, 0.2) is 24.3 Å². The van der Waals surface area contributed by atoms with Crippen molar-refractivity contribution in [1.82, 2.24) is 9.97 Å². The van der Waals surface area contributed by atoms with Gasteiger partial charge >= 0.3 is 0 Å². The van der Waals surface area contributed by atoms with Gasteiger partial charge in [-0.2, -0.15) is 0 Å². The number of benzene rings is 1. The average Bonchev–Trinajstić information content (AvgIpc) is 2.35. The van der Waals surface area contributed by atoms with Gasteiger partial charge in [-0.15, -0.1) is 0 Å². The Kier molecular flexibility index (Phi) is 4.13. The predicted molar refractivity (Wildman–Crippen MR) is 71.9 cm³/mol. The maximum Gasteiger partial charge on any atom is 0.165 e. The number of nitrogens with zero attached hydrogens (tertiary/aromatic N) is 2. The molecular formula is C12H12ClFN4O. The van der Waals surface area contributed by atoms with Gasteiger partial charge in [-0.3, -0.25) is 0 Å². The van der Waals surface area contributed by atoms with Crippen molar-refractivity contribution in [2.45, 2.75) is 6.61 Å². The van der Waals surface area contributed by atoms with Gasteiger partial charge in [0, 0.05) is 13.2 Å². The van der Waals surface area contributed by atoms with E-state index in [4.69, 9.17) is 22.1 Å². The summed E-state index contributed by atoms with van der Waals surface area (Å²) in [7, 11) is 1.52. The monoisotopic (exact) mass is 282 g/mol. The van der Waals surface area contributed by atoms with Crippen LogP contribution in [0.4, 0.5) is 21.7 Å². The molecule has 0 radical (unpaired) electrons. The van der Waals surface area contributed by atoms with Gasteiger partial charge in [0.05, 0.1) is 10.7 Å². The molecule has 0 spiro atoms. The molecule has 0 aliphatic heterocycles. The minimum Gasteiger partial charge on any atom is -0.384 e. The number of nitrogens with one attached hydrogen (secondary N) is 1. The minimum atomic E-state index is -0.547. The number of methoxy groups -OCH3 is 1. The Morgan fingerprint density at radius 1 is 1.42 bits per heavy atom. The zero-order chi connectivity index (χ0) is 13.8. The SMILES string of the molecule is COCc1nc(N)cc(Nc2cccc(Cl)c2F)n1. The molecule has 0 saturated heterocycles.